The van der Waals surface area contributed by atoms with E-state index in [2.05, 4.69) is 18.7 Å². The third kappa shape index (κ3) is 3.42. The van der Waals surface area contributed by atoms with Gasteiger partial charge < -0.3 is 9.64 Å². The molecule has 0 saturated carbocycles. The van der Waals surface area contributed by atoms with Gasteiger partial charge in [0.1, 0.15) is 0 Å². The molecule has 2 saturated heterocycles. The second-order valence-electron chi connectivity index (χ2n) is 5.06. The Hall–Kier alpha value is -0.610. The molecule has 2 fully saturated rings. The number of hydrogen-bond acceptors (Lipinski definition) is 3. The van der Waals surface area contributed by atoms with Gasteiger partial charge in [0.25, 0.3) is 0 Å². The van der Waals surface area contributed by atoms with E-state index in [1.165, 1.54) is 0 Å². The van der Waals surface area contributed by atoms with Crippen molar-refractivity contribution in [2.24, 2.45) is 5.92 Å². The molecule has 0 radical (unpaired) electrons. The van der Waals surface area contributed by atoms with E-state index in [0.29, 0.717) is 12.0 Å². The molecular formula is C13H24N2O2. The highest BCUT2D eigenvalue weighted by atomic mass is 16.6. The van der Waals surface area contributed by atoms with Crippen molar-refractivity contribution in [2.75, 3.05) is 39.3 Å². The first-order chi connectivity index (χ1) is 8.24. The number of ether oxygens (including phenoxy) is 1. The topological polar surface area (TPSA) is 36.1 Å². The zero-order valence-electron chi connectivity index (χ0n) is 11.0. The maximum atomic E-state index is 12.3. The largest absolute Gasteiger partial charge is 0.372 e. The zero-order chi connectivity index (χ0) is 12.3. The number of amides is 1. The van der Waals surface area contributed by atoms with Crippen LogP contribution in [-0.2, 0) is 9.53 Å². The Morgan fingerprint density at radius 2 is 2.12 bits per heavy atom. The van der Waals surface area contributed by atoms with Crippen molar-refractivity contribution >= 4 is 5.91 Å². The van der Waals surface area contributed by atoms with Crippen molar-refractivity contribution in [1.29, 1.82) is 0 Å². The molecule has 2 rings (SSSR count). The predicted molar refractivity (Wildman–Crippen MR) is 66.8 cm³/mol. The molecule has 2 heterocycles. The first-order valence-electron chi connectivity index (χ1n) is 6.87. The lowest BCUT2D eigenvalue weighted by molar-refractivity contribution is -0.137. The predicted octanol–water partition coefficient (Wildman–Crippen LogP) is 0.966. The molecule has 2 aliphatic rings. The van der Waals surface area contributed by atoms with Gasteiger partial charge in [0.2, 0.25) is 5.91 Å². The van der Waals surface area contributed by atoms with E-state index in [-0.39, 0.29) is 5.92 Å². The minimum Gasteiger partial charge on any atom is -0.372 e. The van der Waals surface area contributed by atoms with Crippen LogP contribution >= 0.6 is 0 Å². The Bertz CT molecular complexity index is 262. The van der Waals surface area contributed by atoms with Crippen LogP contribution in [0.25, 0.3) is 0 Å². The molecule has 0 spiro atoms. The average Bonchev–Trinajstić information content (AvgIpc) is 3.15. The van der Waals surface area contributed by atoms with Crippen LogP contribution in [0, 0.1) is 5.92 Å². The Balaban J connectivity index is 1.84. The first kappa shape index (κ1) is 12.8. The summed E-state index contributed by atoms with van der Waals surface area (Å²) in [6.07, 6.45) is 2.64. The summed E-state index contributed by atoms with van der Waals surface area (Å²) in [7, 11) is 0. The molecule has 0 aromatic rings. The summed E-state index contributed by atoms with van der Waals surface area (Å²) in [5.41, 5.74) is 0. The van der Waals surface area contributed by atoms with Gasteiger partial charge >= 0.3 is 0 Å². The fraction of sp³-hybridized carbons (Fsp3) is 0.923. The zero-order valence-corrected chi connectivity index (χ0v) is 11.0. The van der Waals surface area contributed by atoms with E-state index >= 15 is 0 Å². The number of rotatable bonds is 5. The SMILES string of the molecule is CCN(CC)C(=O)[C@@H]1CCCN(C[C@H]2CO2)C1. The number of hydrogen-bond donors (Lipinski definition) is 0. The molecule has 0 aromatic heterocycles. The molecule has 98 valence electrons. The quantitative estimate of drug-likeness (QED) is 0.672. The van der Waals surface area contributed by atoms with E-state index in [1.807, 2.05) is 4.90 Å². The lowest BCUT2D eigenvalue weighted by Gasteiger charge is -2.34. The summed E-state index contributed by atoms with van der Waals surface area (Å²) in [6, 6.07) is 0. The van der Waals surface area contributed by atoms with Crippen LogP contribution < -0.4 is 0 Å². The lowest BCUT2D eigenvalue weighted by Crippen LogP contribution is -2.45. The second-order valence-corrected chi connectivity index (χ2v) is 5.06. The van der Waals surface area contributed by atoms with Crippen LogP contribution in [0.4, 0.5) is 0 Å². The summed E-state index contributed by atoms with van der Waals surface area (Å²) in [5, 5.41) is 0. The molecule has 4 heteroatoms. The number of carbonyl (C=O) groups is 1. The molecule has 0 aliphatic carbocycles. The van der Waals surface area contributed by atoms with Crippen molar-refractivity contribution in [2.45, 2.75) is 32.8 Å². The molecule has 0 unspecified atom stereocenters. The summed E-state index contributed by atoms with van der Waals surface area (Å²) < 4.78 is 5.26. The van der Waals surface area contributed by atoms with Crippen molar-refractivity contribution in [3.8, 4) is 0 Å². The first-order valence-corrected chi connectivity index (χ1v) is 6.87. The van der Waals surface area contributed by atoms with Crippen LogP contribution in [0.2, 0.25) is 0 Å². The monoisotopic (exact) mass is 240 g/mol. The lowest BCUT2D eigenvalue weighted by atomic mass is 9.96. The Labute approximate surface area is 104 Å². The maximum absolute atomic E-state index is 12.3. The Morgan fingerprint density at radius 3 is 2.71 bits per heavy atom. The number of piperidine rings is 1. The smallest absolute Gasteiger partial charge is 0.226 e. The van der Waals surface area contributed by atoms with E-state index in [0.717, 1.165) is 52.2 Å². The molecule has 4 nitrogen and oxygen atoms in total. The molecule has 1 amide bonds. The standard InChI is InChI=1S/C13H24N2O2/c1-3-15(4-2)13(16)11-6-5-7-14(8-11)9-12-10-17-12/h11-12H,3-10H2,1-2H3/t11-,12+/m1/s1. The van der Waals surface area contributed by atoms with E-state index < -0.39 is 0 Å². The third-order valence-electron chi connectivity index (χ3n) is 3.79. The Morgan fingerprint density at radius 1 is 1.41 bits per heavy atom. The summed E-state index contributed by atoms with van der Waals surface area (Å²) >= 11 is 0. The highest BCUT2D eigenvalue weighted by Crippen LogP contribution is 2.21. The highest BCUT2D eigenvalue weighted by Gasteiger charge is 2.32. The summed E-state index contributed by atoms with van der Waals surface area (Å²) in [6.45, 7) is 9.75. The number of nitrogens with zero attached hydrogens (tertiary/aromatic N) is 2. The van der Waals surface area contributed by atoms with Gasteiger partial charge in [-0.3, -0.25) is 9.69 Å². The molecule has 0 aromatic carbocycles. The minimum absolute atomic E-state index is 0.211. The van der Waals surface area contributed by atoms with E-state index in [1.54, 1.807) is 0 Å². The normalized spacial score (nSPS) is 29.1. The average molecular weight is 240 g/mol. The van der Waals surface area contributed by atoms with Crippen molar-refractivity contribution in [3.05, 3.63) is 0 Å². The second kappa shape index (κ2) is 5.83. The molecule has 0 bridgehead atoms. The third-order valence-corrected chi connectivity index (χ3v) is 3.79. The van der Waals surface area contributed by atoms with Crippen LogP contribution in [0.5, 0.6) is 0 Å². The van der Waals surface area contributed by atoms with Crippen LogP contribution in [-0.4, -0.2) is 61.1 Å². The van der Waals surface area contributed by atoms with Crippen LogP contribution in [0.3, 0.4) is 0 Å². The maximum Gasteiger partial charge on any atom is 0.226 e. The number of epoxide rings is 1. The highest BCUT2D eigenvalue weighted by molar-refractivity contribution is 5.79. The van der Waals surface area contributed by atoms with Crippen molar-refractivity contribution in [3.63, 3.8) is 0 Å². The van der Waals surface area contributed by atoms with Crippen molar-refractivity contribution in [1.82, 2.24) is 9.80 Å². The molecule has 2 atom stereocenters. The fourth-order valence-electron chi connectivity index (χ4n) is 2.68. The van der Waals surface area contributed by atoms with E-state index in [4.69, 9.17) is 4.74 Å². The molecule has 2 aliphatic heterocycles. The van der Waals surface area contributed by atoms with Crippen LogP contribution in [0.15, 0.2) is 0 Å². The molecule has 0 N–H and O–H groups in total. The van der Waals surface area contributed by atoms with Gasteiger partial charge in [-0.15, -0.1) is 0 Å². The van der Waals surface area contributed by atoms with Gasteiger partial charge in [-0.2, -0.15) is 0 Å². The molecule has 17 heavy (non-hydrogen) atoms. The summed E-state index contributed by atoms with van der Waals surface area (Å²) in [4.78, 5) is 16.6. The van der Waals surface area contributed by atoms with Gasteiger partial charge in [-0.05, 0) is 33.2 Å². The number of likely N-dealkylation sites (tertiary alicyclic amines) is 1. The fourth-order valence-corrected chi connectivity index (χ4v) is 2.68. The van der Waals surface area contributed by atoms with Crippen LogP contribution in [0.1, 0.15) is 26.7 Å². The van der Waals surface area contributed by atoms with Gasteiger partial charge in [0.15, 0.2) is 0 Å². The Kier molecular flexibility index (Phi) is 4.40. The van der Waals surface area contributed by atoms with E-state index in [9.17, 15) is 4.79 Å². The summed E-state index contributed by atoms with van der Waals surface area (Å²) in [5.74, 6) is 0.554. The van der Waals surface area contributed by atoms with Gasteiger partial charge in [0, 0.05) is 26.2 Å². The number of carbonyl (C=O) groups excluding carboxylic acids is 1. The minimum atomic E-state index is 0.211. The van der Waals surface area contributed by atoms with Gasteiger partial charge in [-0.1, -0.05) is 0 Å². The van der Waals surface area contributed by atoms with Gasteiger partial charge in [-0.25, -0.2) is 0 Å². The molecular weight excluding hydrogens is 216 g/mol. The van der Waals surface area contributed by atoms with Gasteiger partial charge in [0.05, 0.1) is 18.6 Å². The van der Waals surface area contributed by atoms with Crippen molar-refractivity contribution < 1.29 is 9.53 Å².